The fourth-order valence-corrected chi connectivity index (χ4v) is 3.90. The lowest BCUT2D eigenvalue weighted by Crippen LogP contribution is -2.36. The van der Waals surface area contributed by atoms with Crippen LogP contribution in [0, 0.1) is 6.92 Å². The van der Waals surface area contributed by atoms with Gasteiger partial charge in [-0.15, -0.1) is 11.3 Å². The molecule has 5 heteroatoms. The predicted octanol–water partition coefficient (Wildman–Crippen LogP) is 3.84. The first-order valence-electron chi connectivity index (χ1n) is 8.05. The first kappa shape index (κ1) is 15.1. The number of carbonyl (C=O) groups excluding carboxylic acids is 1. The summed E-state index contributed by atoms with van der Waals surface area (Å²) in [6.07, 6.45) is 1.24. The van der Waals surface area contributed by atoms with E-state index in [1.807, 2.05) is 42.2 Å². The second kappa shape index (κ2) is 6.24. The molecule has 0 spiro atoms. The summed E-state index contributed by atoms with van der Waals surface area (Å²) in [7, 11) is 0. The highest BCUT2D eigenvalue weighted by Gasteiger charge is 2.23. The number of nitrogens with zero attached hydrogens (tertiary/aromatic N) is 2. The number of amides is 1. The monoisotopic (exact) mass is 338 g/mol. The molecule has 24 heavy (non-hydrogen) atoms. The van der Waals surface area contributed by atoms with Crippen molar-refractivity contribution in [3.8, 4) is 11.5 Å². The Kier molecular flexibility index (Phi) is 3.94. The summed E-state index contributed by atoms with van der Waals surface area (Å²) in [5.41, 5.74) is 2.94. The second-order valence-electron chi connectivity index (χ2n) is 6.00. The van der Waals surface area contributed by atoms with E-state index in [1.54, 1.807) is 11.3 Å². The van der Waals surface area contributed by atoms with Crippen molar-refractivity contribution in [1.82, 2.24) is 9.88 Å². The summed E-state index contributed by atoms with van der Waals surface area (Å²) in [5, 5.41) is 2.10. The van der Waals surface area contributed by atoms with Crippen LogP contribution in [0.5, 0.6) is 0 Å². The van der Waals surface area contributed by atoms with Crippen LogP contribution in [-0.2, 0) is 24.2 Å². The number of hydrogen-bond donors (Lipinski definition) is 0. The van der Waals surface area contributed by atoms with E-state index in [1.165, 1.54) is 10.4 Å². The van der Waals surface area contributed by atoms with E-state index in [0.717, 1.165) is 30.0 Å². The first-order chi connectivity index (χ1) is 11.7. The van der Waals surface area contributed by atoms with E-state index in [0.29, 0.717) is 18.9 Å². The first-order valence-corrected chi connectivity index (χ1v) is 8.93. The van der Waals surface area contributed by atoms with Crippen molar-refractivity contribution in [2.24, 2.45) is 0 Å². The smallest absolute Gasteiger partial charge is 0.229 e. The van der Waals surface area contributed by atoms with Crippen molar-refractivity contribution >= 4 is 17.2 Å². The van der Waals surface area contributed by atoms with Crippen molar-refractivity contribution in [1.29, 1.82) is 0 Å². The van der Waals surface area contributed by atoms with Crippen LogP contribution in [0.25, 0.3) is 11.5 Å². The van der Waals surface area contributed by atoms with E-state index >= 15 is 0 Å². The van der Waals surface area contributed by atoms with Gasteiger partial charge < -0.3 is 9.32 Å². The maximum absolute atomic E-state index is 12.6. The highest BCUT2D eigenvalue weighted by molar-refractivity contribution is 7.10. The molecule has 0 radical (unpaired) electrons. The van der Waals surface area contributed by atoms with Gasteiger partial charge in [-0.25, -0.2) is 4.98 Å². The molecule has 4 nitrogen and oxygen atoms in total. The van der Waals surface area contributed by atoms with Crippen LogP contribution < -0.4 is 0 Å². The molecule has 0 N–H and O–H groups in total. The molecule has 1 aliphatic rings. The Morgan fingerprint density at radius 1 is 1.29 bits per heavy atom. The Bertz CT molecular complexity index is 867. The molecular weight excluding hydrogens is 320 g/mol. The van der Waals surface area contributed by atoms with Crippen LogP contribution in [0.2, 0.25) is 0 Å². The zero-order chi connectivity index (χ0) is 16.5. The summed E-state index contributed by atoms with van der Waals surface area (Å²) in [6, 6.07) is 11.9. The molecule has 1 aromatic carbocycles. The SMILES string of the molecule is Cc1oc(-c2ccccc2)nc1CC(=O)N1CCc2sccc2C1. The van der Waals surface area contributed by atoms with Crippen LogP contribution in [0.4, 0.5) is 0 Å². The lowest BCUT2D eigenvalue weighted by molar-refractivity contribution is -0.131. The van der Waals surface area contributed by atoms with Gasteiger partial charge in [-0.1, -0.05) is 18.2 Å². The fourth-order valence-electron chi connectivity index (χ4n) is 3.01. The number of aryl methyl sites for hydroxylation is 1. The van der Waals surface area contributed by atoms with Crippen molar-refractivity contribution in [2.75, 3.05) is 6.54 Å². The molecule has 3 heterocycles. The van der Waals surface area contributed by atoms with Gasteiger partial charge in [0, 0.05) is 23.5 Å². The Hall–Kier alpha value is -2.40. The van der Waals surface area contributed by atoms with Crippen molar-refractivity contribution in [2.45, 2.75) is 26.3 Å². The molecule has 0 atom stereocenters. The Labute approximate surface area is 144 Å². The zero-order valence-electron chi connectivity index (χ0n) is 13.5. The summed E-state index contributed by atoms with van der Waals surface area (Å²) < 4.78 is 5.75. The number of thiophene rings is 1. The Morgan fingerprint density at radius 3 is 2.96 bits per heavy atom. The number of rotatable bonds is 3. The molecule has 0 fully saturated rings. The van der Waals surface area contributed by atoms with Gasteiger partial charge in [-0.3, -0.25) is 4.79 Å². The summed E-state index contributed by atoms with van der Waals surface area (Å²) in [4.78, 5) is 20.5. The summed E-state index contributed by atoms with van der Waals surface area (Å²) in [6.45, 7) is 3.37. The van der Waals surface area contributed by atoms with Gasteiger partial charge in [-0.05, 0) is 42.5 Å². The molecule has 2 aromatic heterocycles. The molecule has 0 saturated carbocycles. The van der Waals surface area contributed by atoms with E-state index < -0.39 is 0 Å². The van der Waals surface area contributed by atoms with Crippen LogP contribution in [0.1, 0.15) is 21.9 Å². The number of carbonyl (C=O) groups is 1. The number of oxazole rings is 1. The third kappa shape index (κ3) is 2.87. The van der Waals surface area contributed by atoms with Crippen LogP contribution in [-0.4, -0.2) is 22.3 Å². The average Bonchev–Trinajstić information content (AvgIpc) is 3.22. The van der Waals surface area contributed by atoms with Crippen LogP contribution in [0.3, 0.4) is 0 Å². The lowest BCUT2D eigenvalue weighted by Gasteiger charge is -2.26. The van der Waals surface area contributed by atoms with E-state index in [4.69, 9.17) is 4.42 Å². The van der Waals surface area contributed by atoms with E-state index in [-0.39, 0.29) is 5.91 Å². The molecule has 0 saturated heterocycles. The Balaban J connectivity index is 1.50. The van der Waals surface area contributed by atoms with Gasteiger partial charge in [-0.2, -0.15) is 0 Å². The summed E-state index contributed by atoms with van der Waals surface area (Å²) >= 11 is 1.78. The topological polar surface area (TPSA) is 46.3 Å². The zero-order valence-corrected chi connectivity index (χ0v) is 14.3. The average molecular weight is 338 g/mol. The van der Waals surface area contributed by atoms with E-state index in [9.17, 15) is 4.79 Å². The minimum atomic E-state index is 0.114. The number of benzene rings is 1. The van der Waals surface area contributed by atoms with Gasteiger partial charge in [0.05, 0.1) is 12.1 Å². The molecule has 4 rings (SSSR count). The third-order valence-electron chi connectivity index (χ3n) is 4.39. The number of aromatic nitrogens is 1. The normalized spacial score (nSPS) is 13.8. The molecule has 0 unspecified atom stereocenters. The van der Waals surface area contributed by atoms with Crippen molar-refractivity contribution < 1.29 is 9.21 Å². The van der Waals surface area contributed by atoms with Gasteiger partial charge in [0.15, 0.2) is 0 Å². The molecule has 0 bridgehead atoms. The number of hydrogen-bond acceptors (Lipinski definition) is 4. The maximum Gasteiger partial charge on any atom is 0.229 e. The van der Waals surface area contributed by atoms with Gasteiger partial charge >= 0.3 is 0 Å². The second-order valence-corrected chi connectivity index (χ2v) is 7.00. The predicted molar refractivity (Wildman–Crippen MR) is 93.8 cm³/mol. The minimum Gasteiger partial charge on any atom is -0.441 e. The third-order valence-corrected chi connectivity index (χ3v) is 5.42. The van der Waals surface area contributed by atoms with Crippen molar-refractivity contribution in [3.63, 3.8) is 0 Å². The van der Waals surface area contributed by atoms with Gasteiger partial charge in [0.1, 0.15) is 5.76 Å². The lowest BCUT2D eigenvalue weighted by atomic mass is 10.1. The molecule has 3 aromatic rings. The maximum atomic E-state index is 12.6. The molecule has 1 aliphatic heterocycles. The standard InChI is InChI=1S/C19H18N2O2S/c1-13-16(20-19(23-13)14-5-3-2-4-6-14)11-18(22)21-9-7-17-15(12-21)8-10-24-17/h2-6,8,10H,7,9,11-12H2,1H3. The van der Waals surface area contributed by atoms with Gasteiger partial charge in [0.2, 0.25) is 11.8 Å². The van der Waals surface area contributed by atoms with E-state index in [2.05, 4.69) is 16.4 Å². The van der Waals surface area contributed by atoms with Crippen molar-refractivity contribution in [3.05, 3.63) is 63.7 Å². The number of fused-ring (bicyclic) bond motifs is 1. The molecule has 1 amide bonds. The molecular formula is C19H18N2O2S. The largest absolute Gasteiger partial charge is 0.441 e. The van der Waals surface area contributed by atoms with Gasteiger partial charge in [0.25, 0.3) is 0 Å². The molecule has 122 valence electrons. The van der Waals surface area contributed by atoms with Crippen LogP contribution in [0.15, 0.2) is 46.2 Å². The Morgan fingerprint density at radius 2 is 2.12 bits per heavy atom. The van der Waals surface area contributed by atoms with Crippen LogP contribution >= 0.6 is 11.3 Å². The highest BCUT2D eigenvalue weighted by atomic mass is 32.1. The fraction of sp³-hybridized carbons (Fsp3) is 0.263. The highest BCUT2D eigenvalue weighted by Crippen LogP contribution is 2.25. The molecule has 0 aliphatic carbocycles. The summed E-state index contributed by atoms with van der Waals surface area (Å²) in [5.74, 6) is 1.41. The minimum absolute atomic E-state index is 0.114. The quantitative estimate of drug-likeness (QED) is 0.729.